The van der Waals surface area contributed by atoms with Crippen LogP contribution in [0.25, 0.3) is 5.65 Å². The van der Waals surface area contributed by atoms with E-state index in [2.05, 4.69) is 15.4 Å². The lowest BCUT2D eigenvalue weighted by Crippen LogP contribution is -2.19. The molecule has 1 unspecified atom stereocenters. The Labute approximate surface area is 98.4 Å². The van der Waals surface area contributed by atoms with E-state index < -0.39 is 0 Å². The van der Waals surface area contributed by atoms with Gasteiger partial charge in [0.2, 0.25) is 0 Å². The predicted molar refractivity (Wildman–Crippen MR) is 63.0 cm³/mol. The van der Waals surface area contributed by atoms with Crippen molar-refractivity contribution in [3.8, 4) is 0 Å². The van der Waals surface area contributed by atoms with E-state index in [0.29, 0.717) is 13.2 Å². The van der Waals surface area contributed by atoms with Gasteiger partial charge in [-0.05, 0) is 6.07 Å². The minimum absolute atomic E-state index is 0.0621. The molecule has 2 aromatic heterocycles. The van der Waals surface area contributed by atoms with Crippen LogP contribution in [0.15, 0.2) is 24.5 Å². The van der Waals surface area contributed by atoms with Crippen molar-refractivity contribution in [1.82, 2.24) is 14.6 Å². The maximum atomic E-state index is 6.00. The number of halogens is 1. The van der Waals surface area contributed by atoms with Crippen molar-refractivity contribution < 1.29 is 4.74 Å². The fourth-order valence-corrected chi connectivity index (χ4v) is 1.57. The second kappa shape index (κ2) is 5.14. The predicted octanol–water partition coefficient (Wildman–Crippen LogP) is 1.40. The maximum absolute atomic E-state index is 6.00. The van der Waals surface area contributed by atoms with Crippen LogP contribution in [0.4, 0.5) is 5.82 Å². The quantitative estimate of drug-likeness (QED) is 0.803. The van der Waals surface area contributed by atoms with Gasteiger partial charge in [-0.3, -0.25) is 0 Å². The Morgan fingerprint density at radius 3 is 3.25 bits per heavy atom. The SMILES string of the molecule is COCC(Cl)CNc1ccn2nccc2n1. The zero-order valence-electron chi connectivity index (χ0n) is 8.93. The van der Waals surface area contributed by atoms with Crippen molar-refractivity contribution in [2.24, 2.45) is 0 Å². The van der Waals surface area contributed by atoms with E-state index in [9.17, 15) is 0 Å². The van der Waals surface area contributed by atoms with Gasteiger partial charge in [0.1, 0.15) is 5.82 Å². The number of methoxy groups -OCH3 is 1. The third kappa shape index (κ3) is 2.62. The van der Waals surface area contributed by atoms with Crippen molar-refractivity contribution >= 4 is 23.1 Å². The van der Waals surface area contributed by atoms with Crippen molar-refractivity contribution in [3.05, 3.63) is 24.5 Å². The standard InChI is InChI=1S/C10H13ClN4O/c1-16-7-8(11)6-12-9-3-5-15-10(14-9)2-4-13-15/h2-5,8H,6-7H2,1H3,(H,12,14). The van der Waals surface area contributed by atoms with E-state index in [-0.39, 0.29) is 5.38 Å². The van der Waals surface area contributed by atoms with Gasteiger partial charge < -0.3 is 10.1 Å². The summed E-state index contributed by atoms with van der Waals surface area (Å²) in [5.74, 6) is 0.787. The van der Waals surface area contributed by atoms with Gasteiger partial charge in [-0.15, -0.1) is 11.6 Å². The van der Waals surface area contributed by atoms with Crippen molar-refractivity contribution in [1.29, 1.82) is 0 Å². The molecule has 0 saturated heterocycles. The fourth-order valence-electron chi connectivity index (χ4n) is 1.37. The second-order valence-electron chi connectivity index (χ2n) is 3.38. The van der Waals surface area contributed by atoms with Gasteiger partial charge in [0.05, 0.1) is 18.2 Å². The Balaban J connectivity index is 1.98. The van der Waals surface area contributed by atoms with Crippen molar-refractivity contribution in [2.45, 2.75) is 5.38 Å². The van der Waals surface area contributed by atoms with Crippen LogP contribution in [0.3, 0.4) is 0 Å². The average Bonchev–Trinajstić information content (AvgIpc) is 2.74. The molecule has 0 amide bonds. The topological polar surface area (TPSA) is 51.5 Å². The number of rotatable bonds is 5. The highest BCUT2D eigenvalue weighted by molar-refractivity contribution is 6.21. The molecule has 1 atom stereocenters. The molecule has 0 aliphatic rings. The number of fused-ring (bicyclic) bond motifs is 1. The third-order valence-electron chi connectivity index (χ3n) is 2.11. The van der Waals surface area contributed by atoms with Crippen LogP contribution in [-0.2, 0) is 4.74 Å². The molecule has 2 heterocycles. The van der Waals surface area contributed by atoms with Crippen molar-refractivity contribution in [3.63, 3.8) is 0 Å². The molecule has 0 aromatic carbocycles. The number of ether oxygens (including phenoxy) is 1. The van der Waals surface area contributed by atoms with E-state index in [1.54, 1.807) is 17.8 Å². The number of nitrogens with one attached hydrogen (secondary N) is 1. The van der Waals surface area contributed by atoms with E-state index in [4.69, 9.17) is 16.3 Å². The summed E-state index contributed by atoms with van der Waals surface area (Å²) in [6, 6.07) is 3.70. The lowest BCUT2D eigenvalue weighted by molar-refractivity contribution is 0.200. The number of nitrogens with zero attached hydrogens (tertiary/aromatic N) is 3. The Morgan fingerprint density at radius 1 is 1.56 bits per heavy atom. The molecule has 0 aliphatic heterocycles. The second-order valence-corrected chi connectivity index (χ2v) is 4.00. The summed E-state index contributed by atoms with van der Waals surface area (Å²) in [7, 11) is 1.63. The summed E-state index contributed by atoms with van der Waals surface area (Å²) in [6.45, 7) is 1.14. The van der Waals surface area contributed by atoms with E-state index in [0.717, 1.165) is 11.5 Å². The smallest absolute Gasteiger partial charge is 0.157 e. The largest absolute Gasteiger partial charge is 0.383 e. The monoisotopic (exact) mass is 240 g/mol. The van der Waals surface area contributed by atoms with Crippen LogP contribution in [0.5, 0.6) is 0 Å². The fraction of sp³-hybridized carbons (Fsp3) is 0.400. The summed E-state index contributed by atoms with van der Waals surface area (Å²) in [5.41, 5.74) is 0.808. The molecule has 0 aliphatic carbocycles. The van der Waals surface area contributed by atoms with Gasteiger partial charge >= 0.3 is 0 Å². The first-order chi connectivity index (χ1) is 7.79. The number of aromatic nitrogens is 3. The number of alkyl halides is 1. The Bertz CT molecular complexity index is 459. The number of anilines is 1. The van der Waals surface area contributed by atoms with E-state index in [1.165, 1.54) is 0 Å². The summed E-state index contributed by atoms with van der Waals surface area (Å²) < 4.78 is 6.65. The summed E-state index contributed by atoms with van der Waals surface area (Å²) in [5, 5.41) is 7.15. The minimum atomic E-state index is -0.0621. The van der Waals surface area contributed by atoms with Crippen LogP contribution in [0.1, 0.15) is 0 Å². The number of hydrogen-bond acceptors (Lipinski definition) is 4. The summed E-state index contributed by atoms with van der Waals surface area (Å²) in [4.78, 5) is 4.36. The zero-order chi connectivity index (χ0) is 11.4. The molecule has 6 heteroatoms. The molecule has 16 heavy (non-hydrogen) atoms. The van der Waals surface area contributed by atoms with Gasteiger partial charge in [0.25, 0.3) is 0 Å². The Hall–Kier alpha value is -1.33. The molecule has 1 N–H and O–H groups in total. The Kier molecular flexibility index (Phi) is 3.58. The van der Waals surface area contributed by atoms with Crippen LogP contribution >= 0.6 is 11.6 Å². The molecule has 86 valence electrons. The zero-order valence-corrected chi connectivity index (χ0v) is 9.68. The van der Waals surface area contributed by atoms with Crippen molar-refractivity contribution in [2.75, 3.05) is 25.6 Å². The highest BCUT2D eigenvalue weighted by Crippen LogP contribution is 2.06. The van der Waals surface area contributed by atoms with Gasteiger partial charge in [0.15, 0.2) is 5.65 Å². The lowest BCUT2D eigenvalue weighted by atomic mass is 10.4. The summed E-state index contributed by atoms with van der Waals surface area (Å²) >= 11 is 6.00. The molecule has 0 bridgehead atoms. The van der Waals surface area contributed by atoms with Gasteiger partial charge in [-0.2, -0.15) is 5.10 Å². The third-order valence-corrected chi connectivity index (χ3v) is 2.39. The van der Waals surface area contributed by atoms with E-state index in [1.807, 2.05) is 18.3 Å². The molecular formula is C10H13ClN4O. The first-order valence-corrected chi connectivity index (χ1v) is 5.40. The lowest BCUT2D eigenvalue weighted by Gasteiger charge is -2.10. The molecule has 0 spiro atoms. The highest BCUT2D eigenvalue weighted by Gasteiger charge is 2.04. The van der Waals surface area contributed by atoms with Gasteiger partial charge in [-0.25, -0.2) is 9.50 Å². The molecule has 0 radical (unpaired) electrons. The van der Waals surface area contributed by atoms with E-state index >= 15 is 0 Å². The minimum Gasteiger partial charge on any atom is -0.383 e. The van der Waals surface area contributed by atoms with Crippen LogP contribution in [0.2, 0.25) is 0 Å². The molecule has 2 rings (SSSR count). The molecule has 0 saturated carbocycles. The van der Waals surface area contributed by atoms with Crippen LogP contribution in [0, 0.1) is 0 Å². The molecule has 5 nitrogen and oxygen atoms in total. The average molecular weight is 241 g/mol. The molecule has 2 aromatic rings. The maximum Gasteiger partial charge on any atom is 0.157 e. The highest BCUT2D eigenvalue weighted by atomic mass is 35.5. The summed E-state index contributed by atoms with van der Waals surface area (Å²) in [6.07, 6.45) is 3.56. The van der Waals surface area contributed by atoms with Gasteiger partial charge in [0, 0.05) is 25.9 Å². The molecule has 0 fully saturated rings. The molecular weight excluding hydrogens is 228 g/mol. The normalized spacial score (nSPS) is 12.9. The van der Waals surface area contributed by atoms with Crippen LogP contribution in [-0.4, -0.2) is 40.2 Å². The number of hydrogen-bond donors (Lipinski definition) is 1. The van der Waals surface area contributed by atoms with Gasteiger partial charge in [-0.1, -0.05) is 0 Å². The Morgan fingerprint density at radius 2 is 2.44 bits per heavy atom. The first-order valence-electron chi connectivity index (χ1n) is 4.97. The first kappa shape index (κ1) is 11.2. The van der Waals surface area contributed by atoms with Crippen LogP contribution < -0.4 is 5.32 Å².